The molecule has 0 fully saturated rings. The zero-order valence-corrected chi connectivity index (χ0v) is 15.2. The van der Waals surface area contributed by atoms with Crippen LogP contribution in [0.1, 0.15) is 41.5 Å². The summed E-state index contributed by atoms with van der Waals surface area (Å²) in [5.41, 5.74) is -0.348. The fourth-order valence-corrected chi connectivity index (χ4v) is 2.13. The molecule has 0 spiro atoms. The summed E-state index contributed by atoms with van der Waals surface area (Å²) in [6.07, 6.45) is -1.32. The normalized spacial score (nSPS) is 14.8. The third-order valence-corrected chi connectivity index (χ3v) is 7.83. The summed E-state index contributed by atoms with van der Waals surface area (Å²) < 4.78 is 10.8. The van der Waals surface area contributed by atoms with Crippen LogP contribution in [0.3, 0.4) is 0 Å². The van der Waals surface area contributed by atoms with Crippen molar-refractivity contribution >= 4 is 14.4 Å². The highest BCUT2D eigenvalue weighted by Gasteiger charge is 2.37. The van der Waals surface area contributed by atoms with Crippen molar-refractivity contribution in [2.75, 3.05) is 13.2 Å². The molecular weight excluding hydrogens is 274 g/mol. The summed E-state index contributed by atoms with van der Waals surface area (Å²) in [4.78, 5) is 11.4. The molecule has 0 aromatic carbocycles. The van der Waals surface area contributed by atoms with Crippen LogP contribution in [0.15, 0.2) is 0 Å². The molecule has 0 saturated heterocycles. The molecule has 2 N–H and O–H groups in total. The van der Waals surface area contributed by atoms with Gasteiger partial charge < -0.3 is 19.6 Å². The lowest BCUT2D eigenvalue weighted by Gasteiger charge is -2.36. The number of hydrogen-bond acceptors (Lipinski definition) is 4. The first-order chi connectivity index (χ1) is 8.74. The van der Waals surface area contributed by atoms with Crippen LogP contribution in [-0.2, 0) is 9.16 Å². The minimum absolute atomic E-state index is 0.0590. The average Bonchev–Trinajstić information content (AvgIpc) is 2.19. The molecule has 0 saturated carbocycles. The lowest BCUT2D eigenvalue weighted by atomic mass is 10.1. The molecule has 20 heavy (non-hydrogen) atoms. The van der Waals surface area contributed by atoms with Crippen molar-refractivity contribution in [1.82, 2.24) is 5.32 Å². The van der Waals surface area contributed by atoms with Gasteiger partial charge in [0.15, 0.2) is 8.32 Å². The standard InChI is InChI=1S/C14H31NO4Si/c1-13(2,3)15-12(17)18-9-11(16)10-19-20(7,8)14(4,5)6/h11,16H,9-10H2,1-8H3,(H,15,17)/t11-/m1/s1. The van der Waals surface area contributed by atoms with E-state index >= 15 is 0 Å². The topological polar surface area (TPSA) is 67.8 Å². The predicted octanol–water partition coefficient (Wildman–Crippen LogP) is 2.89. The molecule has 6 heteroatoms. The number of amides is 1. The molecule has 5 nitrogen and oxygen atoms in total. The number of alkyl carbamates (subject to hydrolysis) is 1. The molecule has 0 heterocycles. The Balaban J connectivity index is 4.08. The number of carbonyl (C=O) groups excluding carboxylic acids is 1. The van der Waals surface area contributed by atoms with Crippen LogP contribution in [0.4, 0.5) is 4.79 Å². The number of ether oxygens (including phenoxy) is 1. The van der Waals surface area contributed by atoms with Crippen molar-refractivity contribution in [3.63, 3.8) is 0 Å². The van der Waals surface area contributed by atoms with E-state index in [-0.39, 0.29) is 23.8 Å². The van der Waals surface area contributed by atoms with Gasteiger partial charge in [0, 0.05) is 5.54 Å². The Kier molecular flexibility index (Phi) is 6.71. The Morgan fingerprint density at radius 2 is 1.65 bits per heavy atom. The van der Waals surface area contributed by atoms with Crippen LogP contribution in [0.25, 0.3) is 0 Å². The number of aliphatic hydroxyl groups is 1. The van der Waals surface area contributed by atoms with Gasteiger partial charge in [0.2, 0.25) is 0 Å². The maximum atomic E-state index is 11.4. The van der Waals surface area contributed by atoms with E-state index in [9.17, 15) is 9.90 Å². The Morgan fingerprint density at radius 3 is 2.05 bits per heavy atom. The van der Waals surface area contributed by atoms with E-state index in [4.69, 9.17) is 9.16 Å². The van der Waals surface area contributed by atoms with E-state index in [0.29, 0.717) is 0 Å². The lowest BCUT2D eigenvalue weighted by molar-refractivity contribution is 0.0335. The van der Waals surface area contributed by atoms with Crippen LogP contribution < -0.4 is 5.32 Å². The van der Waals surface area contributed by atoms with E-state index in [0.717, 1.165) is 0 Å². The SMILES string of the molecule is CC(C)(C)NC(=O)OC[C@@H](O)CO[Si](C)(C)C(C)(C)C. The Morgan fingerprint density at radius 1 is 1.15 bits per heavy atom. The molecule has 0 aromatic heterocycles. The summed E-state index contributed by atoms with van der Waals surface area (Å²) in [5.74, 6) is 0. The molecule has 0 rings (SSSR count). The molecule has 120 valence electrons. The number of rotatable bonds is 5. The van der Waals surface area contributed by atoms with Gasteiger partial charge in [-0.1, -0.05) is 20.8 Å². The van der Waals surface area contributed by atoms with Gasteiger partial charge in [-0.25, -0.2) is 4.79 Å². The molecule has 0 unspecified atom stereocenters. The van der Waals surface area contributed by atoms with Gasteiger partial charge in [-0.05, 0) is 38.9 Å². The minimum Gasteiger partial charge on any atom is -0.447 e. The van der Waals surface area contributed by atoms with Gasteiger partial charge in [-0.3, -0.25) is 0 Å². The Labute approximate surface area is 124 Å². The minimum atomic E-state index is -1.88. The van der Waals surface area contributed by atoms with Gasteiger partial charge in [0.1, 0.15) is 12.7 Å². The van der Waals surface area contributed by atoms with Crippen LogP contribution in [0.5, 0.6) is 0 Å². The maximum Gasteiger partial charge on any atom is 0.407 e. The fraction of sp³-hybridized carbons (Fsp3) is 0.929. The van der Waals surface area contributed by atoms with Crippen molar-refractivity contribution in [3.8, 4) is 0 Å². The molecule has 0 aliphatic heterocycles. The second-order valence-electron chi connectivity index (χ2n) is 7.70. The number of nitrogens with one attached hydrogen (secondary N) is 1. The molecule has 1 atom stereocenters. The van der Waals surface area contributed by atoms with E-state index in [1.807, 2.05) is 20.8 Å². The van der Waals surface area contributed by atoms with Gasteiger partial charge >= 0.3 is 6.09 Å². The smallest absolute Gasteiger partial charge is 0.407 e. The van der Waals surface area contributed by atoms with E-state index in [1.54, 1.807) is 0 Å². The number of aliphatic hydroxyl groups excluding tert-OH is 1. The molecule has 1 amide bonds. The zero-order chi connectivity index (χ0) is 16.2. The van der Waals surface area contributed by atoms with Crippen molar-refractivity contribution < 1.29 is 19.1 Å². The third-order valence-electron chi connectivity index (χ3n) is 3.33. The van der Waals surface area contributed by atoms with Crippen molar-refractivity contribution in [2.24, 2.45) is 0 Å². The highest BCUT2D eigenvalue weighted by Crippen LogP contribution is 2.36. The molecule has 0 aromatic rings. The molecule has 0 aliphatic rings. The fourth-order valence-electron chi connectivity index (χ4n) is 1.08. The molecular formula is C14H31NO4Si. The molecule has 0 aliphatic carbocycles. The highest BCUT2D eigenvalue weighted by atomic mass is 28.4. The van der Waals surface area contributed by atoms with Crippen LogP contribution >= 0.6 is 0 Å². The molecule has 0 bridgehead atoms. The first-order valence-electron chi connectivity index (χ1n) is 7.01. The van der Waals surface area contributed by atoms with Gasteiger partial charge in [0.05, 0.1) is 6.61 Å². The second kappa shape index (κ2) is 6.91. The molecule has 0 radical (unpaired) electrons. The summed E-state index contributed by atoms with van der Waals surface area (Å²) in [5, 5.41) is 12.6. The van der Waals surface area contributed by atoms with Gasteiger partial charge in [0.25, 0.3) is 0 Å². The maximum absolute atomic E-state index is 11.4. The number of hydrogen-bond donors (Lipinski definition) is 2. The monoisotopic (exact) mass is 305 g/mol. The second-order valence-corrected chi connectivity index (χ2v) is 12.5. The quantitative estimate of drug-likeness (QED) is 0.766. The highest BCUT2D eigenvalue weighted by molar-refractivity contribution is 6.74. The van der Waals surface area contributed by atoms with Crippen LogP contribution in [0.2, 0.25) is 18.1 Å². The van der Waals surface area contributed by atoms with Crippen molar-refractivity contribution in [1.29, 1.82) is 0 Å². The summed E-state index contributed by atoms with van der Waals surface area (Å²) in [7, 11) is -1.88. The predicted molar refractivity (Wildman–Crippen MR) is 83.4 cm³/mol. The van der Waals surface area contributed by atoms with Crippen LogP contribution in [-0.4, -0.2) is 44.4 Å². The van der Waals surface area contributed by atoms with Crippen molar-refractivity contribution in [2.45, 2.75) is 71.3 Å². The Bertz CT molecular complexity index is 318. The Hall–Kier alpha value is -0.593. The first-order valence-corrected chi connectivity index (χ1v) is 9.92. The zero-order valence-electron chi connectivity index (χ0n) is 14.2. The van der Waals surface area contributed by atoms with E-state index in [1.165, 1.54) is 0 Å². The summed E-state index contributed by atoms with van der Waals surface area (Å²) >= 11 is 0. The third kappa shape index (κ3) is 7.87. The largest absolute Gasteiger partial charge is 0.447 e. The van der Waals surface area contributed by atoms with Gasteiger partial charge in [-0.2, -0.15) is 0 Å². The van der Waals surface area contributed by atoms with E-state index in [2.05, 4.69) is 39.2 Å². The summed E-state index contributed by atoms with van der Waals surface area (Å²) in [6, 6.07) is 0. The lowest BCUT2D eigenvalue weighted by Crippen LogP contribution is -2.44. The average molecular weight is 305 g/mol. The van der Waals surface area contributed by atoms with Crippen LogP contribution in [0, 0.1) is 0 Å². The van der Waals surface area contributed by atoms with Crippen molar-refractivity contribution in [3.05, 3.63) is 0 Å². The van der Waals surface area contributed by atoms with E-state index < -0.39 is 20.5 Å². The number of carbonyl (C=O) groups is 1. The first kappa shape index (κ1) is 19.4. The van der Waals surface area contributed by atoms with Gasteiger partial charge in [-0.15, -0.1) is 0 Å². The summed E-state index contributed by atoms with van der Waals surface area (Å²) in [6.45, 7) is 16.4.